The normalized spacial score (nSPS) is 19.8. The number of aliphatic hydroxyl groups excluding tert-OH is 1. The molecule has 1 aliphatic carbocycles. The van der Waals surface area contributed by atoms with Crippen molar-refractivity contribution in [1.82, 2.24) is 4.72 Å². The zero-order chi connectivity index (χ0) is 19.6. The first-order chi connectivity index (χ1) is 12.8. The molecule has 1 aliphatic rings. The molecule has 1 amide bonds. The predicted molar refractivity (Wildman–Crippen MR) is 99.5 cm³/mol. The molecule has 3 N–H and O–H groups in total. The molecule has 1 fully saturated rings. The fourth-order valence-corrected chi connectivity index (χ4v) is 4.42. The highest BCUT2D eigenvalue weighted by Gasteiger charge is 2.30. The Morgan fingerprint density at radius 3 is 2.63 bits per heavy atom. The molecule has 3 rings (SSSR count). The fraction of sp³-hybridized carbons (Fsp3) is 0.316. The third kappa shape index (κ3) is 4.52. The number of amides is 1. The van der Waals surface area contributed by atoms with Crippen LogP contribution in [0.3, 0.4) is 0 Å². The number of aryl methyl sites for hydroxylation is 1. The number of halogens is 1. The van der Waals surface area contributed by atoms with E-state index < -0.39 is 28.1 Å². The smallest absolute Gasteiger partial charge is 0.255 e. The van der Waals surface area contributed by atoms with Crippen LogP contribution in [-0.2, 0) is 10.0 Å². The molecule has 8 heteroatoms. The molecule has 0 aromatic heterocycles. The Labute approximate surface area is 157 Å². The molecule has 0 heterocycles. The Hall–Kier alpha value is -2.29. The number of carbonyl (C=O) groups is 1. The number of aliphatic hydroxyl groups is 1. The topological polar surface area (TPSA) is 95.5 Å². The van der Waals surface area contributed by atoms with Crippen molar-refractivity contribution in [2.45, 2.75) is 43.2 Å². The number of hydrogen-bond acceptors (Lipinski definition) is 4. The Balaban J connectivity index is 1.77. The number of carbonyl (C=O) groups excluding carboxylic acids is 1. The van der Waals surface area contributed by atoms with Gasteiger partial charge in [-0.1, -0.05) is 6.07 Å². The summed E-state index contributed by atoms with van der Waals surface area (Å²) < 4.78 is 40.9. The van der Waals surface area contributed by atoms with Gasteiger partial charge >= 0.3 is 0 Å². The van der Waals surface area contributed by atoms with Gasteiger partial charge in [-0.05, 0) is 68.1 Å². The van der Waals surface area contributed by atoms with Crippen LogP contribution in [-0.4, -0.2) is 31.6 Å². The van der Waals surface area contributed by atoms with E-state index in [9.17, 15) is 22.7 Å². The predicted octanol–water partition coefficient (Wildman–Crippen LogP) is 2.58. The molecule has 2 aromatic carbocycles. The second kappa shape index (κ2) is 7.75. The quantitative estimate of drug-likeness (QED) is 0.729. The van der Waals surface area contributed by atoms with Crippen LogP contribution in [0.2, 0.25) is 0 Å². The Bertz CT molecular complexity index is 962. The molecule has 0 radical (unpaired) electrons. The summed E-state index contributed by atoms with van der Waals surface area (Å²) in [4.78, 5) is 12.4. The monoisotopic (exact) mass is 392 g/mol. The molecule has 144 valence electrons. The van der Waals surface area contributed by atoms with E-state index in [0.717, 1.165) is 6.42 Å². The van der Waals surface area contributed by atoms with Crippen molar-refractivity contribution in [1.29, 1.82) is 0 Å². The summed E-state index contributed by atoms with van der Waals surface area (Å²) in [5.74, 6) is -0.875. The number of sulfonamides is 1. The molecule has 27 heavy (non-hydrogen) atoms. The second-order valence-electron chi connectivity index (χ2n) is 6.67. The van der Waals surface area contributed by atoms with E-state index in [1.807, 2.05) is 0 Å². The van der Waals surface area contributed by atoms with Crippen molar-refractivity contribution in [2.75, 3.05) is 5.32 Å². The summed E-state index contributed by atoms with van der Waals surface area (Å²) in [6.07, 6.45) is 1.19. The van der Waals surface area contributed by atoms with Crippen molar-refractivity contribution >= 4 is 21.6 Å². The summed E-state index contributed by atoms with van der Waals surface area (Å²) >= 11 is 0. The Kier molecular flexibility index (Phi) is 5.59. The molecule has 1 saturated carbocycles. The number of rotatable bonds is 5. The van der Waals surface area contributed by atoms with Crippen LogP contribution in [0.15, 0.2) is 47.4 Å². The average molecular weight is 392 g/mol. The van der Waals surface area contributed by atoms with Crippen molar-refractivity contribution in [3.8, 4) is 0 Å². The van der Waals surface area contributed by atoms with E-state index in [1.165, 1.54) is 42.5 Å². The van der Waals surface area contributed by atoms with Crippen LogP contribution < -0.4 is 10.0 Å². The van der Waals surface area contributed by atoms with Gasteiger partial charge in [-0.25, -0.2) is 17.5 Å². The van der Waals surface area contributed by atoms with E-state index in [0.29, 0.717) is 24.1 Å². The van der Waals surface area contributed by atoms with Crippen LogP contribution in [0.1, 0.15) is 35.2 Å². The maximum atomic E-state index is 13.3. The lowest BCUT2D eigenvalue weighted by Gasteiger charge is -2.17. The molecule has 2 atom stereocenters. The van der Waals surface area contributed by atoms with Gasteiger partial charge in [0.2, 0.25) is 10.0 Å². The van der Waals surface area contributed by atoms with Crippen LogP contribution in [0.5, 0.6) is 0 Å². The fourth-order valence-electron chi connectivity index (χ4n) is 3.08. The zero-order valence-electron chi connectivity index (χ0n) is 14.8. The van der Waals surface area contributed by atoms with Gasteiger partial charge in [0.25, 0.3) is 5.91 Å². The van der Waals surface area contributed by atoms with Crippen molar-refractivity contribution in [2.24, 2.45) is 0 Å². The van der Waals surface area contributed by atoms with Gasteiger partial charge in [-0.3, -0.25) is 4.79 Å². The van der Waals surface area contributed by atoms with E-state index in [-0.39, 0.29) is 16.3 Å². The summed E-state index contributed by atoms with van der Waals surface area (Å²) in [7, 11) is -3.86. The molecule has 2 aromatic rings. The van der Waals surface area contributed by atoms with Crippen LogP contribution in [0.25, 0.3) is 0 Å². The van der Waals surface area contributed by atoms with E-state index in [1.54, 1.807) is 6.92 Å². The van der Waals surface area contributed by atoms with E-state index in [4.69, 9.17) is 0 Å². The molecule has 0 unspecified atom stereocenters. The summed E-state index contributed by atoms with van der Waals surface area (Å²) in [6, 6.07) is 9.30. The van der Waals surface area contributed by atoms with Crippen molar-refractivity contribution < 1.29 is 22.7 Å². The third-order valence-electron chi connectivity index (χ3n) is 4.61. The molecular formula is C19H21FN2O4S. The first kappa shape index (κ1) is 19.5. The standard InChI is InChI=1S/C19H21FN2O4S/c1-12-10-14(8-9-16(12)20)21-19(24)13-4-2-5-15(11-13)27(25,26)22-17-6-3-7-18(17)23/h2,4-5,8-11,17-18,22-23H,3,6-7H2,1H3,(H,21,24)/t17-,18+/m1/s1. The average Bonchev–Trinajstić information content (AvgIpc) is 3.02. The number of anilines is 1. The summed E-state index contributed by atoms with van der Waals surface area (Å²) in [5.41, 5.74) is 0.967. The molecule has 0 spiro atoms. The van der Waals surface area contributed by atoms with Gasteiger partial charge < -0.3 is 10.4 Å². The molecule has 0 bridgehead atoms. The van der Waals surface area contributed by atoms with Gasteiger partial charge in [-0.2, -0.15) is 0 Å². The number of benzene rings is 2. The molecule has 0 aliphatic heterocycles. The molecule has 0 saturated heterocycles. The second-order valence-corrected chi connectivity index (χ2v) is 8.39. The SMILES string of the molecule is Cc1cc(NC(=O)c2cccc(S(=O)(=O)N[C@@H]3CCC[C@@H]3O)c2)ccc1F. The van der Waals surface area contributed by atoms with Gasteiger partial charge in [0.15, 0.2) is 0 Å². The van der Waals surface area contributed by atoms with E-state index >= 15 is 0 Å². The Morgan fingerprint density at radius 2 is 1.96 bits per heavy atom. The minimum atomic E-state index is -3.86. The van der Waals surface area contributed by atoms with Gasteiger partial charge in [0.1, 0.15) is 5.82 Å². The maximum Gasteiger partial charge on any atom is 0.255 e. The molecule has 6 nitrogen and oxygen atoms in total. The Morgan fingerprint density at radius 1 is 1.19 bits per heavy atom. The lowest BCUT2D eigenvalue weighted by Crippen LogP contribution is -2.39. The zero-order valence-corrected chi connectivity index (χ0v) is 15.6. The van der Waals surface area contributed by atoms with Crippen LogP contribution >= 0.6 is 0 Å². The third-order valence-corrected chi connectivity index (χ3v) is 6.10. The first-order valence-electron chi connectivity index (χ1n) is 8.64. The highest BCUT2D eigenvalue weighted by Crippen LogP contribution is 2.22. The van der Waals surface area contributed by atoms with Crippen molar-refractivity contribution in [3.05, 3.63) is 59.4 Å². The van der Waals surface area contributed by atoms with Gasteiger partial charge in [0, 0.05) is 17.3 Å². The van der Waals surface area contributed by atoms with Crippen LogP contribution in [0.4, 0.5) is 10.1 Å². The van der Waals surface area contributed by atoms with Crippen molar-refractivity contribution in [3.63, 3.8) is 0 Å². The summed E-state index contributed by atoms with van der Waals surface area (Å²) in [5, 5.41) is 12.5. The van der Waals surface area contributed by atoms with Gasteiger partial charge in [-0.15, -0.1) is 0 Å². The maximum absolute atomic E-state index is 13.3. The summed E-state index contributed by atoms with van der Waals surface area (Å²) in [6.45, 7) is 1.58. The highest BCUT2D eigenvalue weighted by atomic mass is 32.2. The number of nitrogens with one attached hydrogen (secondary N) is 2. The molecular weight excluding hydrogens is 371 g/mol. The largest absolute Gasteiger partial charge is 0.391 e. The number of hydrogen-bond donors (Lipinski definition) is 3. The lowest BCUT2D eigenvalue weighted by atomic mass is 10.2. The minimum absolute atomic E-state index is 0.0514. The minimum Gasteiger partial charge on any atom is -0.391 e. The first-order valence-corrected chi connectivity index (χ1v) is 10.1. The van der Waals surface area contributed by atoms with Gasteiger partial charge in [0.05, 0.1) is 11.0 Å². The van der Waals surface area contributed by atoms with Crippen LogP contribution in [0, 0.1) is 12.7 Å². The lowest BCUT2D eigenvalue weighted by molar-refractivity contribution is 0.102. The highest BCUT2D eigenvalue weighted by molar-refractivity contribution is 7.89. The van der Waals surface area contributed by atoms with E-state index in [2.05, 4.69) is 10.0 Å².